The van der Waals surface area contributed by atoms with Crippen LogP contribution < -0.4 is 10.1 Å². The molecule has 8 heteroatoms. The zero-order chi connectivity index (χ0) is 22.6. The predicted molar refractivity (Wildman–Crippen MR) is 122 cm³/mol. The second-order valence-corrected chi connectivity index (χ2v) is 10.00. The molecule has 0 aliphatic carbocycles. The van der Waals surface area contributed by atoms with Gasteiger partial charge in [-0.25, -0.2) is 8.42 Å². The summed E-state index contributed by atoms with van der Waals surface area (Å²) in [5.41, 5.74) is 1.81. The van der Waals surface area contributed by atoms with E-state index in [9.17, 15) is 13.2 Å². The highest BCUT2D eigenvalue weighted by molar-refractivity contribution is 7.89. The van der Waals surface area contributed by atoms with Gasteiger partial charge in [0.15, 0.2) is 0 Å². The van der Waals surface area contributed by atoms with Crippen LogP contribution in [-0.4, -0.2) is 62.9 Å². The number of ether oxygens (including phenoxy) is 1. The molecule has 31 heavy (non-hydrogen) atoms. The number of methoxy groups -OCH3 is 1. The highest BCUT2D eigenvalue weighted by Crippen LogP contribution is 2.22. The van der Waals surface area contributed by atoms with Crippen LogP contribution in [0.25, 0.3) is 0 Å². The standard InChI is InChI=1S/C23H31N3O4S/c1-17(2)19-5-11-22(12-6-19)31(28,29)26-15-13-25(14-16-26)18(3)23(27)24-20-7-9-21(30-4)10-8-20/h5-12,17-18H,13-16H2,1-4H3,(H,24,27)/t18-/m1/s1. The van der Waals surface area contributed by atoms with Gasteiger partial charge >= 0.3 is 0 Å². The first-order valence-electron chi connectivity index (χ1n) is 10.5. The summed E-state index contributed by atoms with van der Waals surface area (Å²) in [6, 6.07) is 13.9. The zero-order valence-electron chi connectivity index (χ0n) is 18.5. The molecule has 7 nitrogen and oxygen atoms in total. The Morgan fingerprint density at radius 1 is 0.935 bits per heavy atom. The van der Waals surface area contributed by atoms with Crippen LogP contribution in [0, 0.1) is 0 Å². The second-order valence-electron chi connectivity index (χ2n) is 8.06. The molecule has 0 saturated carbocycles. The Labute approximate surface area is 185 Å². The molecule has 0 spiro atoms. The van der Waals surface area contributed by atoms with Gasteiger partial charge in [-0.05, 0) is 54.8 Å². The van der Waals surface area contributed by atoms with Crippen LogP contribution in [0.15, 0.2) is 53.4 Å². The van der Waals surface area contributed by atoms with Gasteiger partial charge in [0.1, 0.15) is 5.75 Å². The average molecular weight is 446 g/mol. The molecule has 1 N–H and O–H groups in total. The summed E-state index contributed by atoms with van der Waals surface area (Å²) >= 11 is 0. The number of nitrogens with one attached hydrogen (secondary N) is 1. The number of anilines is 1. The van der Waals surface area contributed by atoms with Crippen molar-refractivity contribution in [3.05, 3.63) is 54.1 Å². The number of nitrogens with zero attached hydrogens (tertiary/aromatic N) is 2. The molecule has 1 atom stereocenters. The van der Waals surface area contributed by atoms with E-state index in [-0.39, 0.29) is 11.9 Å². The van der Waals surface area contributed by atoms with E-state index < -0.39 is 10.0 Å². The number of benzene rings is 2. The molecule has 3 rings (SSSR count). The zero-order valence-corrected chi connectivity index (χ0v) is 19.4. The maximum absolute atomic E-state index is 13.0. The summed E-state index contributed by atoms with van der Waals surface area (Å²) in [5.74, 6) is 0.957. The molecule has 1 heterocycles. The number of piperazine rings is 1. The molecule has 1 saturated heterocycles. The number of amides is 1. The van der Waals surface area contributed by atoms with Crippen LogP contribution >= 0.6 is 0 Å². The van der Waals surface area contributed by atoms with E-state index in [1.165, 1.54) is 4.31 Å². The lowest BCUT2D eigenvalue weighted by molar-refractivity contribution is -0.121. The molecule has 0 radical (unpaired) electrons. The van der Waals surface area contributed by atoms with Gasteiger partial charge in [0.2, 0.25) is 15.9 Å². The Morgan fingerprint density at radius 2 is 1.52 bits per heavy atom. The summed E-state index contributed by atoms with van der Waals surface area (Å²) < 4.78 is 32.6. The highest BCUT2D eigenvalue weighted by Gasteiger charge is 2.31. The van der Waals surface area contributed by atoms with Crippen molar-refractivity contribution in [2.45, 2.75) is 37.6 Å². The van der Waals surface area contributed by atoms with E-state index in [1.807, 2.05) is 24.0 Å². The smallest absolute Gasteiger partial charge is 0.243 e. The van der Waals surface area contributed by atoms with E-state index in [2.05, 4.69) is 19.2 Å². The fraction of sp³-hybridized carbons (Fsp3) is 0.435. The summed E-state index contributed by atoms with van der Waals surface area (Å²) in [4.78, 5) is 15.0. The van der Waals surface area contributed by atoms with Crippen LogP contribution in [0.1, 0.15) is 32.3 Å². The molecule has 1 fully saturated rings. The Morgan fingerprint density at radius 3 is 2.03 bits per heavy atom. The van der Waals surface area contributed by atoms with Crippen molar-refractivity contribution in [3.8, 4) is 5.75 Å². The maximum Gasteiger partial charge on any atom is 0.243 e. The number of carbonyl (C=O) groups is 1. The molecular weight excluding hydrogens is 414 g/mol. The van der Waals surface area contributed by atoms with E-state index in [1.54, 1.807) is 43.5 Å². The largest absolute Gasteiger partial charge is 0.497 e. The van der Waals surface area contributed by atoms with Gasteiger partial charge in [0, 0.05) is 31.9 Å². The van der Waals surface area contributed by atoms with Gasteiger partial charge in [-0.15, -0.1) is 0 Å². The quantitative estimate of drug-likeness (QED) is 0.708. The van der Waals surface area contributed by atoms with Crippen molar-refractivity contribution in [3.63, 3.8) is 0 Å². The molecule has 168 valence electrons. The third-order valence-corrected chi connectivity index (χ3v) is 7.66. The lowest BCUT2D eigenvalue weighted by atomic mass is 10.0. The molecule has 1 aliphatic rings. The minimum absolute atomic E-state index is 0.120. The third-order valence-electron chi connectivity index (χ3n) is 5.74. The van der Waals surface area contributed by atoms with E-state index in [0.717, 1.165) is 11.3 Å². The predicted octanol–water partition coefficient (Wildman–Crippen LogP) is 3.15. The number of hydrogen-bond donors (Lipinski definition) is 1. The van der Waals surface area contributed by atoms with E-state index in [0.29, 0.717) is 42.7 Å². The third kappa shape index (κ3) is 5.44. The normalized spacial score (nSPS) is 16.8. The molecule has 0 bridgehead atoms. The van der Waals surface area contributed by atoms with Gasteiger partial charge in [-0.2, -0.15) is 4.31 Å². The number of carbonyl (C=O) groups excluding carboxylic acids is 1. The van der Waals surface area contributed by atoms with Crippen LogP contribution in [-0.2, 0) is 14.8 Å². The molecule has 0 aromatic heterocycles. The second kappa shape index (κ2) is 9.80. The average Bonchev–Trinajstić information content (AvgIpc) is 2.79. The fourth-order valence-electron chi connectivity index (χ4n) is 3.59. The highest BCUT2D eigenvalue weighted by atomic mass is 32.2. The van der Waals surface area contributed by atoms with Gasteiger partial charge in [-0.1, -0.05) is 26.0 Å². The summed E-state index contributed by atoms with van der Waals surface area (Å²) in [6.45, 7) is 7.71. The topological polar surface area (TPSA) is 79.0 Å². The van der Waals surface area contributed by atoms with Crippen LogP contribution in [0.2, 0.25) is 0 Å². The summed E-state index contributed by atoms with van der Waals surface area (Å²) in [7, 11) is -1.94. The van der Waals surface area contributed by atoms with Crippen LogP contribution in [0.3, 0.4) is 0 Å². The number of sulfonamides is 1. The van der Waals surface area contributed by atoms with Crippen LogP contribution in [0.4, 0.5) is 5.69 Å². The van der Waals surface area contributed by atoms with Crippen molar-refractivity contribution in [1.29, 1.82) is 0 Å². The SMILES string of the molecule is COc1ccc(NC(=O)[C@@H](C)N2CCN(S(=O)(=O)c3ccc(C(C)C)cc3)CC2)cc1. The van der Waals surface area contributed by atoms with Gasteiger partial charge in [0.05, 0.1) is 18.0 Å². The Kier molecular flexibility index (Phi) is 7.35. The Balaban J connectivity index is 1.57. The van der Waals surface area contributed by atoms with Crippen molar-refractivity contribution >= 4 is 21.6 Å². The number of rotatable bonds is 7. The van der Waals surface area contributed by atoms with E-state index >= 15 is 0 Å². The molecule has 2 aromatic carbocycles. The Hall–Kier alpha value is -2.42. The summed E-state index contributed by atoms with van der Waals surface area (Å²) in [6.07, 6.45) is 0. The lowest BCUT2D eigenvalue weighted by Crippen LogP contribution is -2.53. The maximum atomic E-state index is 13.0. The van der Waals surface area contributed by atoms with Crippen molar-refractivity contribution in [1.82, 2.24) is 9.21 Å². The van der Waals surface area contributed by atoms with Crippen LogP contribution in [0.5, 0.6) is 5.75 Å². The monoisotopic (exact) mass is 445 g/mol. The summed E-state index contributed by atoms with van der Waals surface area (Å²) in [5, 5.41) is 2.90. The van der Waals surface area contributed by atoms with Crippen molar-refractivity contribution in [2.24, 2.45) is 0 Å². The molecule has 1 aliphatic heterocycles. The first kappa shape index (κ1) is 23.2. The van der Waals surface area contributed by atoms with Crippen molar-refractivity contribution in [2.75, 3.05) is 38.6 Å². The molecule has 1 amide bonds. The molecular formula is C23H31N3O4S. The Bertz CT molecular complexity index is 980. The van der Waals surface area contributed by atoms with Gasteiger partial charge in [-0.3, -0.25) is 9.69 Å². The first-order valence-corrected chi connectivity index (χ1v) is 12.0. The minimum Gasteiger partial charge on any atom is -0.497 e. The lowest BCUT2D eigenvalue weighted by Gasteiger charge is -2.36. The molecule has 2 aromatic rings. The van der Waals surface area contributed by atoms with Gasteiger partial charge < -0.3 is 10.1 Å². The van der Waals surface area contributed by atoms with Crippen molar-refractivity contribution < 1.29 is 17.9 Å². The van der Waals surface area contributed by atoms with Gasteiger partial charge in [0.25, 0.3) is 0 Å². The minimum atomic E-state index is -3.53. The molecule has 0 unspecified atom stereocenters. The fourth-order valence-corrected chi connectivity index (χ4v) is 5.01. The number of hydrogen-bond acceptors (Lipinski definition) is 5. The first-order chi connectivity index (χ1) is 14.7. The van der Waals surface area contributed by atoms with E-state index in [4.69, 9.17) is 4.74 Å².